The molecule has 1 rings (SSSR count). The van der Waals surface area contributed by atoms with Crippen molar-refractivity contribution in [3.8, 4) is 0 Å². The van der Waals surface area contributed by atoms with Gasteiger partial charge in [0.05, 0.1) is 18.8 Å². The summed E-state index contributed by atoms with van der Waals surface area (Å²) in [6.45, 7) is 14.9. The Labute approximate surface area is 131 Å². The van der Waals surface area contributed by atoms with E-state index in [2.05, 4.69) is 44.8 Å². The molecule has 0 bridgehead atoms. The molecule has 4 heteroatoms. The molecule has 0 aromatic heterocycles. The molecule has 0 radical (unpaired) electrons. The Balaban J connectivity index is 2.36. The van der Waals surface area contributed by atoms with Crippen LogP contribution in [0.15, 0.2) is 0 Å². The van der Waals surface area contributed by atoms with E-state index in [4.69, 9.17) is 9.47 Å². The van der Waals surface area contributed by atoms with E-state index in [0.717, 1.165) is 26.2 Å². The van der Waals surface area contributed by atoms with Crippen LogP contribution in [0.3, 0.4) is 0 Å². The second kappa shape index (κ2) is 9.09. The maximum Gasteiger partial charge on any atom is 0.0707 e. The second-order valence-electron chi connectivity index (χ2n) is 7.33. The summed E-state index contributed by atoms with van der Waals surface area (Å²) >= 11 is 0. The highest BCUT2D eigenvalue weighted by atomic mass is 16.5. The molecule has 1 heterocycles. The standard InChI is InChI=1S/C17H36N2O2/c1-7-14(2)19(10-11-20-6)13-16-9-8-15(21-16)12-18-17(3,4)5/h14-16,18H,7-13H2,1-6H3. The predicted molar refractivity (Wildman–Crippen MR) is 88.9 cm³/mol. The summed E-state index contributed by atoms with van der Waals surface area (Å²) in [4.78, 5) is 2.51. The van der Waals surface area contributed by atoms with Crippen molar-refractivity contribution in [1.82, 2.24) is 10.2 Å². The molecular weight excluding hydrogens is 264 g/mol. The van der Waals surface area contributed by atoms with Crippen LogP contribution in [0.4, 0.5) is 0 Å². The molecule has 0 aromatic carbocycles. The van der Waals surface area contributed by atoms with Crippen LogP contribution in [0.2, 0.25) is 0 Å². The quantitative estimate of drug-likeness (QED) is 0.710. The number of ether oxygens (including phenoxy) is 2. The lowest BCUT2D eigenvalue weighted by atomic mass is 10.1. The van der Waals surface area contributed by atoms with Gasteiger partial charge in [-0.25, -0.2) is 0 Å². The summed E-state index contributed by atoms with van der Waals surface area (Å²) < 4.78 is 11.5. The normalized spacial score (nSPS) is 24.7. The molecule has 4 nitrogen and oxygen atoms in total. The average Bonchev–Trinajstić information content (AvgIpc) is 2.87. The minimum Gasteiger partial charge on any atom is -0.383 e. The van der Waals surface area contributed by atoms with E-state index in [1.54, 1.807) is 7.11 Å². The molecule has 1 N–H and O–H groups in total. The number of hydrogen-bond acceptors (Lipinski definition) is 4. The Morgan fingerprint density at radius 3 is 2.52 bits per heavy atom. The van der Waals surface area contributed by atoms with E-state index in [0.29, 0.717) is 18.2 Å². The molecule has 0 spiro atoms. The SMILES string of the molecule is CCC(C)N(CCOC)CC1CCC(CNC(C)(C)C)O1. The Morgan fingerprint density at radius 1 is 1.29 bits per heavy atom. The fourth-order valence-corrected chi connectivity index (χ4v) is 2.70. The number of methoxy groups -OCH3 is 1. The molecule has 0 aromatic rings. The van der Waals surface area contributed by atoms with Gasteiger partial charge < -0.3 is 14.8 Å². The molecule has 126 valence electrons. The van der Waals surface area contributed by atoms with Crippen LogP contribution in [-0.4, -0.2) is 62.0 Å². The number of nitrogens with zero attached hydrogens (tertiary/aromatic N) is 1. The van der Waals surface area contributed by atoms with E-state index in [1.807, 2.05) is 0 Å². The smallest absolute Gasteiger partial charge is 0.0707 e. The highest BCUT2D eigenvalue weighted by Gasteiger charge is 2.28. The van der Waals surface area contributed by atoms with Crippen molar-refractivity contribution < 1.29 is 9.47 Å². The van der Waals surface area contributed by atoms with Crippen LogP contribution in [0.5, 0.6) is 0 Å². The average molecular weight is 300 g/mol. The van der Waals surface area contributed by atoms with Crippen molar-refractivity contribution in [2.75, 3.05) is 33.4 Å². The summed E-state index contributed by atoms with van der Waals surface area (Å²) in [7, 11) is 1.77. The second-order valence-corrected chi connectivity index (χ2v) is 7.33. The van der Waals surface area contributed by atoms with Crippen molar-refractivity contribution in [3.05, 3.63) is 0 Å². The van der Waals surface area contributed by atoms with Crippen molar-refractivity contribution in [1.29, 1.82) is 0 Å². The molecule has 21 heavy (non-hydrogen) atoms. The van der Waals surface area contributed by atoms with Gasteiger partial charge in [-0.05, 0) is 47.0 Å². The third-order valence-electron chi connectivity index (χ3n) is 4.29. The first kappa shape index (κ1) is 18.9. The molecule has 1 aliphatic heterocycles. The van der Waals surface area contributed by atoms with Crippen molar-refractivity contribution in [3.63, 3.8) is 0 Å². The monoisotopic (exact) mass is 300 g/mol. The van der Waals surface area contributed by atoms with Gasteiger partial charge in [0.1, 0.15) is 0 Å². The van der Waals surface area contributed by atoms with Gasteiger partial charge in [-0.15, -0.1) is 0 Å². The minimum atomic E-state index is 0.169. The van der Waals surface area contributed by atoms with E-state index in [1.165, 1.54) is 19.3 Å². The van der Waals surface area contributed by atoms with Crippen molar-refractivity contribution in [2.24, 2.45) is 0 Å². The molecule has 0 aliphatic carbocycles. The maximum atomic E-state index is 6.22. The Bertz CT molecular complexity index is 278. The molecular formula is C17H36N2O2. The molecule has 1 saturated heterocycles. The summed E-state index contributed by atoms with van der Waals surface area (Å²) in [6.07, 6.45) is 4.27. The van der Waals surface area contributed by atoms with Gasteiger partial charge in [-0.3, -0.25) is 4.90 Å². The Kier molecular flexibility index (Phi) is 8.17. The van der Waals surface area contributed by atoms with Gasteiger partial charge in [0, 0.05) is 38.3 Å². The third-order valence-corrected chi connectivity index (χ3v) is 4.29. The number of nitrogens with one attached hydrogen (secondary N) is 1. The minimum absolute atomic E-state index is 0.169. The van der Waals surface area contributed by atoms with Crippen LogP contribution in [0, 0.1) is 0 Å². The van der Waals surface area contributed by atoms with Gasteiger partial charge >= 0.3 is 0 Å². The first-order valence-corrected chi connectivity index (χ1v) is 8.49. The fourth-order valence-electron chi connectivity index (χ4n) is 2.70. The molecule has 3 atom stereocenters. The molecule has 0 amide bonds. The van der Waals surface area contributed by atoms with Gasteiger partial charge in [-0.1, -0.05) is 6.92 Å². The van der Waals surface area contributed by atoms with E-state index in [-0.39, 0.29) is 5.54 Å². The van der Waals surface area contributed by atoms with Crippen molar-refractivity contribution in [2.45, 2.75) is 77.7 Å². The largest absolute Gasteiger partial charge is 0.383 e. The van der Waals surface area contributed by atoms with Crippen LogP contribution in [0.25, 0.3) is 0 Å². The molecule has 1 fully saturated rings. The molecule has 1 aliphatic rings. The summed E-state index contributed by atoms with van der Waals surface area (Å²) in [5.41, 5.74) is 0.169. The number of rotatable bonds is 9. The third kappa shape index (κ3) is 7.59. The highest BCUT2D eigenvalue weighted by molar-refractivity contribution is 4.82. The van der Waals surface area contributed by atoms with E-state index < -0.39 is 0 Å². The first-order valence-electron chi connectivity index (χ1n) is 8.49. The topological polar surface area (TPSA) is 33.7 Å². The van der Waals surface area contributed by atoms with Gasteiger partial charge in [0.15, 0.2) is 0 Å². The van der Waals surface area contributed by atoms with Crippen LogP contribution in [0.1, 0.15) is 53.9 Å². The maximum absolute atomic E-state index is 6.22. The first-order chi connectivity index (χ1) is 9.85. The van der Waals surface area contributed by atoms with E-state index >= 15 is 0 Å². The fraction of sp³-hybridized carbons (Fsp3) is 1.00. The summed E-state index contributed by atoms with van der Waals surface area (Å²) in [5.74, 6) is 0. The lowest BCUT2D eigenvalue weighted by molar-refractivity contribution is 0.00770. The van der Waals surface area contributed by atoms with Gasteiger partial charge in [0.2, 0.25) is 0 Å². The van der Waals surface area contributed by atoms with Gasteiger partial charge in [0.25, 0.3) is 0 Å². The highest BCUT2D eigenvalue weighted by Crippen LogP contribution is 2.21. The zero-order chi connectivity index (χ0) is 15.9. The Hall–Kier alpha value is -0.160. The van der Waals surface area contributed by atoms with Crippen molar-refractivity contribution >= 4 is 0 Å². The zero-order valence-corrected chi connectivity index (χ0v) is 14.9. The lowest BCUT2D eigenvalue weighted by Gasteiger charge is -2.30. The molecule has 0 saturated carbocycles. The number of hydrogen-bond donors (Lipinski definition) is 1. The lowest BCUT2D eigenvalue weighted by Crippen LogP contribution is -2.42. The van der Waals surface area contributed by atoms with Crippen LogP contribution in [-0.2, 0) is 9.47 Å². The zero-order valence-electron chi connectivity index (χ0n) is 14.9. The summed E-state index contributed by atoms with van der Waals surface area (Å²) in [6, 6.07) is 0.593. The summed E-state index contributed by atoms with van der Waals surface area (Å²) in [5, 5.41) is 3.55. The van der Waals surface area contributed by atoms with Crippen LogP contribution < -0.4 is 5.32 Å². The Morgan fingerprint density at radius 2 is 1.95 bits per heavy atom. The van der Waals surface area contributed by atoms with E-state index in [9.17, 15) is 0 Å². The van der Waals surface area contributed by atoms with Gasteiger partial charge in [-0.2, -0.15) is 0 Å². The molecule has 3 unspecified atom stereocenters. The van der Waals surface area contributed by atoms with Crippen LogP contribution >= 0.6 is 0 Å². The predicted octanol–water partition coefficient (Wildman–Crippen LogP) is 2.67.